The molecule has 1 aromatic carbocycles. The molecular weight excluding hydrogens is 370 g/mol. The van der Waals surface area contributed by atoms with Crippen molar-refractivity contribution in [1.82, 2.24) is 10.6 Å². The van der Waals surface area contributed by atoms with Crippen LogP contribution in [0.5, 0.6) is 0 Å². The van der Waals surface area contributed by atoms with E-state index >= 15 is 0 Å². The molecule has 2 amide bonds. The predicted molar refractivity (Wildman–Crippen MR) is 114 cm³/mol. The number of carbonyl (C=O) groups excluding carboxylic acids is 3. The lowest BCUT2D eigenvalue weighted by molar-refractivity contribution is -0.148. The lowest BCUT2D eigenvalue weighted by atomic mass is 10.0. The summed E-state index contributed by atoms with van der Waals surface area (Å²) in [6, 6.07) is 6.17. The van der Waals surface area contributed by atoms with E-state index in [0.29, 0.717) is 5.69 Å². The van der Waals surface area contributed by atoms with Crippen molar-refractivity contribution >= 4 is 23.5 Å². The van der Waals surface area contributed by atoms with Crippen molar-refractivity contribution in [2.45, 2.75) is 73.2 Å². The zero-order valence-corrected chi connectivity index (χ0v) is 18.5. The molecule has 0 spiro atoms. The van der Waals surface area contributed by atoms with E-state index in [0.717, 1.165) is 5.56 Å². The second-order valence-corrected chi connectivity index (χ2v) is 8.22. The Morgan fingerprint density at radius 2 is 1.48 bits per heavy atom. The molecule has 0 aliphatic carbocycles. The van der Waals surface area contributed by atoms with Crippen molar-refractivity contribution in [3.63, 3.8) is 0 Å². The molecule has 0 aliphatic rings. The van der Waals surface area contributed by atoms with Crippen molar-refractivity contribution in [2.75, 3.05) is 5.32 Å². The van der Waals surface area contributed by atoms with E-state index in [1.54, 1.807) is 45.0 Å². The summed E-state index contributed by atoms with van der Waals surface area (Å²) in [5.41, 5.74) is 1.44. The molecule has 2 atom stereocenters. The van der Waals surface area contributed by atoms with E-state index in [1.165, 1.54) is 0 Å². The fraction of sp³-hybridized carbons (Fsp3) is 0.591. The summed E-state index contributed by atoms with van der Waals surface area (Å²) in [5, 5.41) is 8.78. The van der Waals surface area contributed by atoms with Crippen LogP contribution in [-0.4, -0.2) is 35.9 Å². The second kappa shape index (κ2) is 11.6. The van der Waals surface area contributed by atoms with Crippen LogP contribution in [-0.2, 0) is 25.7 Å². The number of hydrogen-bond donors (Lipinski definition) is 3. The quantitative estimate of drug-likeness (QED) is 0.520. The monoisotopic (exact) mass is 405 g/mol. The first-order valence-electron chi connectivity index (χ1n) is 10.1. The predicted octanol–water partition coefficient (Wildman–Crippen LogP) is 2.85. The third-order valence-electron chi connectivity index (χ3n) is 4.29. The standard InChI is InChI=1S/C22H35N3O4/c1-13(2)19(23-15(5)6)21(27)24-16(7)20(26)25-18-10-8-17(9-11-18)12-29-22(28)14(3)4/h8-11,13-16,19,23H,12H2,1-7H3,(H,24,27)(H,25,26)/t16-,19-/m0/s1. The van der Waals surface area contributed by atoms with E-state index in [9.17, 15) is 14.4 Å². The number of anilines is 1. The Kier molecular flexibility index (Phi) is 9.81. The molecule has 162 valence electrons. The zero-order valence-electron chi connectivity index (χ0n) is 18.5. The van der Waals surface area contributed by atoms with Gasteiger partial charge in [0, 0.05) is 11.7 Å². The molecule has 0 heterocycles. The summed E-state index contributed by atoms with van der Waals surface area (Å²) < 4.78 is 5.18. The van der Waals surface area contributed by atoms with Crippen molar-refractivity contribution < 1.29 is 19.1 Å². The molecule has 0 unspecified atom stereocenters. The van der Waals surface area contributed by atoms with Gasteiger partial charge in [-0.25, -0.2) is 0 Å². The largest absolute Gasteiger partial charge is 0.461 e. The zero-order chi connectivity index (χ0) is 22.1. The maximum absolute atomic E-state index is 12.5. The van der Waals surface area contributed by atoms with Crippen LogP contribution < -0.4 is 16.0 Å². The van der Waals surface area contributed by atoms with Gasteiger partial charge in [0.2, 0.25) is 11.8 Å². The lowest BCUT2D eigenvalue weighted by Crippen LogP contribution is -2.53. The normalized spacial score (nSPS) is 13.3. The maximum Gasteiger partial charge on any atom is 0.308 e. The van der Waals surface area contributed by atoms with Crippen LogP contribution in [0.15, 0.2) is 24.3 Å². The maximum atomic E-state index is 12.5. The van der Waals surface area contributed by atoms with Crippen LogP contribution in [0, 0.1) is 11.8 Å². The van der Waals surface area contributed by atoms with Crippen LogP contribution in [0.25, 0.3) is 0 Å². The number of nitrogens with one attached hydrogen (secondary N) is 3. The van der Waals surface area contributed by atoms with Crippen LogP contribution in [0.1, 0.15) is 54.0 Å². The molecule has 0 radical (unpaired) electrons. The van der Waals surface area contributed by atoms with Gasteiger partial charge in [-0.15, -0.1) is 0 Å². The minimum absolute atomic E-state index is 0.102. The summed E-state index contributed by atoms with van der Waals surface area (Å²) in [7, 11) is 0. The molecule has 7 heteroatoms. The van der Waals surface area contributed by atoms with Gasteiger partial charge in [-0.2, -0.15) is 0 Å². The summed E-state index contributed by atoms with van der Waals surface area (Å²) in [6.45, 7) is 13.3. The van der Waals surface area contributed by atoms with E-state index in [2.05, 4.69) is 16.0 Å². The number of ether oxygens (including phenoxy) is 1. The van der Waals surface area contributed by atoms with Gasteiger partial charge in [0.05, 0.1) is 12.0 Å². The summed E-state index contributed by atoms with van der Waals surface area (Å²) in [6.07, 6.45) is 0. The Labute approximate surface area is 174 Å². The van der Waals surface area contributed by atoms with Crippen LogP contribution in [0.2, 0.25) is 0 Å². The molecule has 0 aliphatic heterocycles. The first-order valence-corrected chi connectivity index (χ1v) is 10.1. The molecule has 0 bridgehead atoms. The van der Waals surface area contributed by atoms with Gasteiger partial charge in [0.1, 0.15) is 12.6 Å². The minimum Gasteiger partial charge on any atom is -0.461 e. The van der Waals surface area contributed by atoms with Crippen LogP contribution >= 0.6 is 0 Å². The lowest BCUT2D eigenvalue weighted by Gasteiger charge is -2.25. The highest BCUT2D eigenvalue weighted by molar-refractivity contribution is 5.97. The van der Waals surface area contributed by atoms with E-state index in [4.69, 9.17) is 4.74 Å². The van der Waals surface area contributed by atoms with Gasteiger partial charge in [-0.3, -0.25) is 14.4 Å². The van der Waals surface area contributed by atoms with E-state index < -0.39 is 6.04 Å². The first-order chi connectivity index (χ1) is 13.5. The number of hydrogen-bond acceptors (Lipinski definition) is 5. The second-order valence-electron chi connectivity index (χ2n) is 8.22. The first kappa shape index (κ1) is 24.6. The summed E-state index contributed by atoms with van der Waals surface area (Å²) >= 11 is 0. The highest BCUT2D eigenvalue weighted by atomic mass is 16.5. The van der Waals surface area contributed by atoms with Gasteiger partial charge < -0.3 is 20.7 Å². The fourth-order valence-corrected chi connectivity index (χ4v) is 2.55. The van der Waals surface area contributed by atoms with Crippen LogP contribution in [0.4, 0.5) is 5.69 Å². The number of esters is 1. The van der Waals surface area contributed by atoms with E-state index in [-0.39, 0.29) is 48.3 Å². The third kappa shape index (κ3) is 8.64. The summed E-state index contributed by atoms with van der Waals surface area (Å²) in [5.74, 6) is -0.817. The Hall–Kier alpha value is -2.41. The average molecular weight is 406 g/mol. The average Bonchev–Trinajstić information content (AvgIpc) is 2.64. The van der Waals surface area contributed by atoms with Crippen LogP contribution in [0.3, 0.4) is 0 Å². The number of carbonyl (C=O) groups is 3. The van der Waals surface area contributed by atoms with Crippen molar-refractivity contribution in [3.8, 4) is 0 Å². The Morgan fingerprint density at radius 1 is 0.897 bits per heavy atom. The van der Waals surface area contributed by atoms with E-state index in [1.807, 2.05) is 27.7 Å². The molecule has 0 saturated heterocycles. The topological polar surface area (TPSA) is 96.5 Å². The number of amides is 2. The SMILES string of the molecule is CC(C)N[C@H](C(=O)N[C@@H](C)C(=O)Nc1ccc(COC(=O)C(C)C)cc1)C(C)C. The number of benzene rings is 1. The molecule has 7 nitrogen and oxygen atoms in total. The fourth-order valence-electron chi connectivity index (χ4n) is 2.55. The van der Waals surface area contributed by atoms with Gasteiger partial charge in [-0.1, -0.05) is 53.7 Å². The Balaban J connectivity index is 2.59. The molecule has 3 N–H and O–H groups in total. The molecule has 0 fully saturated rings. The van der Waals surface area contributed by atoms with Gasteiger partial charge >= 0.3 is 5.97 Å². The van der Waals surface area contributed by atoms with Gasteiger partial charge in [0.15, 0.2) is 0 Å². The number of rotatable bonds is 10. The molecule has 0 saturated carbocycles. The molecule has 29 heavy (non-hydrogen) atoms. The summed E-state index contributed by atoms with van der Waals surface area (Å²) in [4.78, 5) is 36.5. The van der Waals surface area contributed by atoms with Gasteiger partial charge in [0.25, 0.3) is 0 Å². The Bertz CT molecular complexity index is 684. The molecule has 0 aromatic heterocycles. The Morgan fingerprint density at radius 3 is 1.97 bits per heavy atom. The smallest absolute Gasteiger partial charge is 0.308 e. The molecule has 1 rings (SSSR count). The molecule has 1 aromatic rings. The highest BCUT2D eigenvalue weighted by Crippen LogP contribution is 2.12. The molecular formula is C22H35N3O4. The minimum atomic E-state index is -0.676. The van der Waals surface area contributed by atoms with Crippen molar-refractivity contribution in [3.05, 3.63) is 29.8 Å². The highest BCUT2D eigenvalue weighted by Gasteiger charge is 2.25. The van der Waals surface area contributed by atoms with Crippen molar-refractivity contribution in [2.24, 2.45) is 11.8 Å². The third-order valence-corrected chi connectivity index (χ3v) is 4.29. The van der Waals surface area contributed by atoms with Crippen molar-refractivity contribution in [1.29, 1.82) is 0 Å². The van der Waals surface area contributed by atoms with Gasteiger partial charge in [-0.05, 0) is 30.5 Å².